The van der Waals surface area contributed by atoms with E-state index in [1.807, 2.05) is 11.7 Å². The average Bonchev–Trinajstić information content (AvgIpc) is 2.69. The third-order valence-electron chi connectivity index (χ3n) is 3.12. The molecule has 1 aliphatic heterocycles. The molecule has 1 aliphatic rings. The summed E-state index contributed by atoms with van der Waals surface area (Å²) in [7, 11) is 2.01. The summed E-state index contributed by atoms with van der Waals surface area (Å²) < 4.78 is 7.41. The van der Waals surface area contributed by atoms with E-state index >= 15 is 0 Å². The highest BCUT2D eigenvalue weighted by molar-refractivity contribution is 5.10. The highest BCUT2D eigenvalue weighted by atomic mass is 16.5. The van der Waals surface area contributed by atoms with Gasteiger partial charge in [-0.05, 0) is 25.3 Å². The van der Waals surface area contributed by atoms with Crippen LogP contribution < -0.4 is 5.32 Å². The van der Waals surface area contributed by atoms with Crippen molar-refractivity contribution in [3.05, 3.63) is 17.5 Å². The Hall–Kier alpha value is -0.870. The minimum absolute atomic E-state index is 0.508. The van der Waals surface area contributed by atoms with Crippen molar-refractivity contribution in [3.63, 3.8) is 0 Å². The molecule has 4 heteroatoms. The van der Waals surface area contributed by atoms with E-state index in [2.05, 4.69) is 23.4 Å². The van der Waals surface area contributed by atoms with Crippen LogP contribution in [0.5, 0.6) is 0 Å². The number of aromatic nitrogens is 2. The van der Waals surface area contributed by atoms with Crippen LogP contribution in [0, 0.1) is 0 Å². The molecule has 2 heterocycles. The summed E-state index contributed by atoms with van der Waals surface area (Å²) in [6.07, 6.45) is 3.39. The topological polar surface area (TPSA) is 39.1 Å². The summed E-state index contributed by atoms with van der Waals surface area (Å²) in [4.78, 5) is 0. The van der Waals surface area contributed by atoms with Crippen LogP contribution in [0.25, 0.3) is 0 Å². The number of ether oxygens (including phenoxy) is 1. The van der Waals surface area contributed by atoms with Crippen LogP contribution in [-0.4, -0.2) is 29.0 Å². The van der Waals surface area contributed by atoms with E-state index < -0.39 is 0 Å². The summed E-state index contributed by atoms with van der Waals surface area (Å²) >= 11 is 0. The predicted molar refractivity (Wildman–Crippen MR) is 63.3 cm³/mol. The molecule has 16 heavy (non-hydrogen) atoms. The summed E-state index contributed by atoms with van der Waals surface area (Å²) in [5.41, 5.74) is 2.42. The van der Waals surface area contributed by atoms with E-state index in [9.17, 15) is 0 Å². The zero-order valence-electron chi connectivity index (χ0n) is 10.2. The zero-order valence-corrected chi connectivity index (χ0v) is 10.2. The summed E-state index contributed by atoms with van der Waals surface area (Å²) in [6, 6.07) is 2.69. The molecule has 0 spiro atoms. The molecule has 0 amide bonds. The van der Waals surface area contributed by atoms with Gasteiger partial charge in [0.2, 0.25) is 0 Å². The van der Waals surface area contributed by atoms with Gasteiger partial charge in [-0.25, -0.2) is 0 Å². The first-order chi connectivity index (χ1) is 7.79. The molecule has 0 radical (unpaired) electrons. The first-order valence-corrected chi connectivity index (χ1v) is 6.12. The normalized spacial score (nSPS) is 21.2. The van der Waals surface area contributed by atoms with E-state index in [4.69, 9.17) is 4.74 Å². The number of hydrogen-bond donors (Lipinski definition) is 1. The second-order valence-electron chi connectivity index (χ2n) is 4.40. The van der Waals surface area contributed by atoms with Crippen molar-refractivity contribution in [3.8, 4) is 0 Å². The highest BCUT2D eigenvalue weighted by Gasteiger charge is 2.13. The Morgan fingerprint density at radius 2 is 2.50 bits per heavy atom. The molecular formula is C12H21N3O. The Balaban J connectivity index is 1.85. The lowest BCUT2D eigenvalue weighted by molar-refractivity contribution is 0.0697. The number of hydrogen-bond acceptors (Lipinski definition) is 3. The summed E-state index contributed by atoms with van der Waals surface area (Å²) in [5, 5.41) is 7.97. The van der Waals surface area contributed by atoms with Crippen molar-refractivity contribution in [2.24, 2.45) is 7.05 Å². The van der Waals surface area contributed by atoms with Gasteiger partial charge in [0.25, 0.3) is 0 Å². The molecule has 1 aromatic heterocycles. The largest absolute Gasteiger partial charge is 0.380 e. The van der Waals surface area contributed by atoms with Crippen LogP contribution in [0.15, 0.2) is 6.07 Å². The molecule has 0 saturated carbocycles. The first-order valence-electron chi connectivity index (χ1n) is 6.12. The van der Waals surface area contributed by atoms with Crippen molar-refractivity contribution >= 4 is 0 Å². The van der Waals surface area contributed by atoms with Gasteiger partial charge in [0, 0.05) is 26.2 Å². The average molecular weight is 223 g/mol. The molecule has 1 unspecified atom stereocenters. The molecule has 0 bridgehead atoms. The van der Waals surface area contributed by atoms with E-state index in [1.54, 1.807) is 0 Å². The lowest BCUT2D eigenvalue weighted by Crippen LogP contribution is -2.36. The van der Waals surface area contributed by atoms with Gasteiger partial charge in [-0.2, -0.15) is 5.10 Å². The van der Waals surface area contributed by atoms with Crippen LogP contribution in [0.2, 0.25) is 0 Å². The fourth-order valence-corrected chi connectivity index (χ4v) is 2.06. The highest BCUT2D eigenvalue weighted by Crippen LogP contribution is 2.08. The van der Waals surface area contributed by atoms with Gasteiger partial charge in [0.15, 0.2) is 0 Å². The van der Waals surface area contributed by atoms with Crippen molar-refractivity contribution < 1.29 is 4.74 Å². The van der Waals surface area contributed by atoms with Gasteiger partial charge in [0.05, 0.1) is 18.0 Å². The lowest BCUT2D eigenvalue weighted by Gasteiger charge is -2.23. The van der Waals surface area contributed by atoms with Gasteiger partial charge in [0.1, 0.15) is 0 Å². The smallest absolute Gasteiger partial charge is 0.0625 e. The number of rotatable bonds is 4. The molecule has 0 aromatic carbocycles. The lowest BCUT2D eigenvalue weighted by atomic mass is 10.1. The summed E-state index contributed by atoms with van der Waals surface area (Å²) in [6.45, 7) is 4.79. The van der Waals surface area contributed by atoms with E-state index in [0.29, 0.717) is 6.04 Å². The Labute approximate surface area is 97.0 Å². The van der Waals surface area contributed by atoms with Gasteiger partial charge >= 0.3 is 0 Å². The number of nitrogens with zero attached hydrogens (tertiary/aromatic N) is 2. The SMILES string of the molecule is CCc1cc(CNC2CCCOC2)n(C)n1. The molecule has 1 N–H and O–H groups in total. The second-order valence-corrected chi connectivity index (χ2v) is 4.40. The molecule has 1 saturated heterocycles. The molecular weight excluding hydrogens is 202 g/mol. The van der Waals surface area contributed by atoms with E-state index in [0.717, 1.165) is 26.2 Å². The molecule has 1 fully saturated rings. The molecule has 1 aromatic rings. The molecule has 1 atom stereocenters. The third-order valence-corrected chi connectivity index (χ3v) is 3.12. The van der Waals surface area contributed by atoms with Crippen LogP contribution in [0.1, 0.15) is 31.2 Å². The molecule has 4 nitrogen and oxygen atoms in total. The Bertz CT molecular complexity index is 329. The number of aryl methyl sites for hydroxylation is 2. The fourth-order valence-electron chi connectivity index (χ4n) is 2.06. The van der Waals surface area contributed by atoms with E-state index in [-0.39, 0.29) is 0 Å². The predicted octanol–water partition coefficient (Wildman–Crippen LogP) is 1.25. The first kappa shape index (κ1) is 11.6. The fraction of sp³-hybridized carbons (Fsp3) is 0.750. The summed E-state index contributed by atoms with van der Waals surface area (Å²) in [5.74, 6) is 0. The molecule has 0 aliphatic carbocycles. The van der Waals surface area contributed by atoms with Crippen molar-refractivity contribution in [2.45, 2.75) is 38.8 Å². The Morgan fingerprint density at radius 3 is 3.12 bits per heavy atom. The van der Waals surface area contributed by atoms with E-state index in [1.165, 1.54) is 24.2 Å². The minimum Gasteiger partial charge on any atom is -0.380 e. The minimum atomic E-state index is 0.508. The Kier molecular flexibility index (Phi) is 3.96. The van der Waals surface area contributed by atoms with Crippen LogP contribution in [-0.2, 0) is 24.8 Å². The van der Waals surface area contributed by atoms with Crippen LogP contribution >= 0.6 is 0 Å². The maximum Gasteiger partial charge on any atom is 0.0625 e. The monoisotopic (exact) mass is 223 g/mol. The molecule has 2 rings (SSSR count). The van der Waals surface area contributed by atoms with Gasteiger partial charge in [-0.15, -0.1) is 0 Å². The maximum atomic E-state index is 5.44. The van der Waals surface area contributed by atoms with Gasteiger partial charge in [-0.3, -0.25) is 4.68 Å². The van der Waals surface area contributed by atoms with Crippen LogP contribution in [0.3, 0.4) is 0 Å². The van der Waals surface area contributed by atoms with Crippen molar-refractivity contribution in [1.82, 2.24) is 15.1 Å². The zero-order chi connectivity index (χ0) is 11.4. The van der Waals surface area contributed by atoms with Gasteiger partial charge < -0.3 is 10.1 Å². The Morgan fingerprint density at radius 1 is 1.62 bits per heavy atom. The quantitative estimate of drug-likeness (QED) is 0.835. The standard InChI is InChI=1S/C12H21N3O/c1-3-10-7-12(15(2)14-10)8-13-11-5-4-6-16-9-11/h7,11,13H,3-6,8-9H2,1-2H3. The van der Waals surface area contributed by atoms with Crippen molar-refractivity contribution in [1.29, 1.82) is 0 Å². The third kappa shape index (κ3) is 2.83. The maximum absolute atomic E-state index is 5.44. The van der Waals surface area contributed by atoms with Crippen molar-refractivity contribution in [2.75, 3.05) is 13.2 Å². The van der Waals surface area contributed by atoms with Gasteiger partial charge in [-0.1, -0.05) is 6.92 Å². The second kappa shape index (κ2) is 5.46. The number of nitrogens with one attached hydrogen (secondary N) is 1. The molecule has 90 valence electrons. The van der Waals surface area contributed by atoms with Crippen LogP contribution in [0.4, 0.5) is 0 Å².